The van der Waals surface area contributed by atoms with Crippen LogP contribution in [0.1, 0.15) is 5.56 Å². The summed E-state index contributed by atoms with van der Waals surface area (Å²) in [6.45, 7) is 6.57. The summed E-state index contributed by atoms with van der Waals surface area (Å²) in [5, 5.41) is 2.71. The lowest BCUT2D eigenvalue weighted by Gasteiger charge is -2.35. The third-order valence-corrected chi connectivity index (χ3v) is 6.36. The van der Waals surface area contributed by atoms with E-state index in [9.17, 15) is 0 Å². The van der Waals surface area contributed by atoms with Gasteiger partial charge in [-0.3, -0.25) is 4.90 Å². The van der Waals surface area contributed by atoms with Crippen molar-refractivity contribution >= 4 is 21.8 Å². The standard InChI is InChI=1S/C26H29N3O/c1-30-22-12-10-21(11-13-22)14-15-27-16-18-28(19-17-27)20-29-25-8-4-2-6-23(25)24-7-3-5-9-26(24)29/h2-13H,14-20H2,1H3. The van der Waals surface area contributed by atoms with E-state index < -0.39 is 0 Å². The van der Waals surface area contributed by atoms with Crippen LogP contribution in [0.15, 0.2) is 72.8 Å². The maximum absolute atomic E-state index is 5.25. The molecule has 4 nitrogen and oxygen atoms in total. The smallest absolute Gasteiger partial charge is 0.118 e. The van der Waals surface area contributed by atoms with Gasteiger partial charge >= 0.3 is 0 Å². The van der Waals surface area contributed by atoms with Gasteiger partial charge in [-0.05, 0) is 36.2 Å². The van der Waals surface area contributed by atoms with Crippen molar-refractivity contribution in [3.63, 3.8) is 0 Å². The molecule has 0 radical (unpaired) electrons. The fourth-order valence-electron chi connectivity index (χ4n) is 4.59. The lowest BCUT2D eigenvalue weighted by Crippen LogP contribution is -2.47. The molecule has 30 heavy (non-hydrogen) atoms. The predicted octanol–water partition coefficient (Wildman–Crippen LogP) is 4.62. The summed E-state index contributed by atoms with van der Waals surface area (Å²) in [4.78, 5) is 5.18. The van der Waals surface area contributed by atoms with Crippen LogP contribution in [0.3, 0.4) is 0 Å². The highest BCUT2D eigenvalue weighted by Gasteiger charge is 2.18. The van der Waals surface area contributed by atoms with Crippen LogP contribution in [-0.2, 0) is 13.1 Å². The van der Waals surface area contributed by atoms with E-state index in [2.05, 4.69) is 87.2 Å². The number of methoxy groups -OCH3 is 1. The van der Waals surface area contributed by atoms with E-state index in [1.807, 2.05) is 0 Å². The second kappa shape index (κ2) is 8.50. The molecular weight excluding hydrogens is 370 g/mol. The molecule has 0 N–H and O–H groups in total. The van der Waals surface area contributed by atoms with Crippen LogP contribution in [0.25, 0.3) is 21.8 Å². The first-order valence-corrected chi connectivity index (χ1v) is 10.9. The lowest BCUT2D eigenvalue weighted by molar-refractivity contribution is 0.111. The second-order valence-corrected chi connectivity index (χ2v) is 8.16. The van der Waals surface area contributed by atoms with Crippen LogP contribution >= 0.6 is 0 Å². The summed E-state index contributed by atoms with van der Waals surface area (Å²) in [6, 6.07) is 26.0. The quantitative estimate of drug-likeness (QED) is 0.472. The molecule has 3 aromatic carbocycles. The normalized spacial score (nSPS) is 15.8. The first-order chi connectivity index (χ1) is 14.8. The summed E-state index contributed by atoms with van der Waals surface area (Å²) < 4.78 is 7.74. The number of ether oxygens (including phenoxy) is 1. The van der Waals surface area contributed by atoms with Crippen LogP contribution in [0.4, 0.5) is 0 Å². The van der Waals surface area contributed by atoms with Crippen molar-refractivity contribution < 1.29 is 4.74 Å². The first-order valence-electron chi connectivity index (χ1n) is 10.9. The molecule has 4 heteroatoms. The van der Waals surface area contributed by atoms with Crippen LogP contribution in [0.2, 0.25) is 0 Å². The molecule has 0 spiro atoms. The van der Waals surface area contributed by atoms with Crippen molar-refractivity contribution in [1.29, 1.82) is 0 Å². The number of benzene rings is 3. The summed E-state index contributed by atoms with van der Waals surface area (Å²) in [7, 11) is 1.72. The molecule has 0 bridgehead atoms. The minimum Gasteiger partial charge on any atom is -0.497 e. The van der Waals surface area contributed by atoms with Gasteiger partial charge in [-0.15, -0.1) is 0 Å². The highest BCUT2D eigenvalue weighted by molar-refractivity contribution is 6.07. The van der Waals surface area contributed by atoms with Gasteiger partial charge in [-0.25, -0.2) is 0 Å². The highest BCUT2D eigenvalue weighted by atomic mass is 16.5. The molecule has 4 aromatic rings. The number of fused-ring (bicyclic) bond motifs is 3. The first kappa shape index (κ1) is 19.2. The van der Waals surface area contributed by atoms with Gasteiger partial charge in [-0.1, -0.05) is 48.5 Å². The fourth-order valence-corrected chi connectivity index (χ4v) is 4.59. The van der Waals surface area contributed by atoms with Gasteiger partial charge in [0.2, 0.25) is 0 Å². The largest absolute Gasteiger partial charge is 0.497 e. The summed E-state index contributed by atoms with van der Waals surface area (Å²) in [5.41, 5.74) is 4.05. The van der Waals surface area contributed by atoms with Crippen molar-refractivity contribution in [2.24, 2.45) is 0 Å². The monoisotopic (exact) mass is 399 g/mol. The van der Waals surface area contributed by atoms with E-state index in [0.717, 1.165) is 51.6 Å². The zero-order valence-electron chi connectivity index (χ0n) is 17.6. The molecule has 1 saturated heterocycles. The third kappa shape index (κ3) is 3.81. The van der Waals surface area contributed by atoms with Crippen LogP contribution in [0.5, 0.6) is 5.75 Å². The zero-order chi connectivity index (χ0) is 20.3. The van der Waals surface area contributed by atoms with E-state index in [-0.39, 0.29) is 0 Å². The second-order valence-electron chi connectivity index (χ2n) is 8.16. The minimum absolute atomic E-state index is 0.928. The Kier molecular flexibility index (Phi) is 5.43. The number of aromatic nitrogens is 1. The van der Waals surface area contributed by atoms with Crippen LogP contribution < -0.4 is 4.74 Å². The Morgan fingerprint density at radius 1 is 0.700 bits per heavy atom. The number of piperazine rings is 1. The van der Waals surface area contributed by atoms with Gasteiger partial charge in [0.25, 0.3) is 0 Å². The Morgan fingerprint density at radius 3 is 1.87 bits per heavy atom. The zero-order valence-corrected chi connectivity index (χ0v) is 17.6. The van der Waals surface area contributed by atoms with E-state index in [1.54, 1.807) is 7.11 Å². The number of para-hydroxylation sites is 2. The highest BCUT2D eigenvalue weighted by Crippen LogP contribution is 2.29. The molecule has 0 atom stereocenters. The van der Waals surface area contributed by atoms with Crippen molar-refractivity contribution in [3.8, 4) is 5.75 Å². The Morgan fingerprint density at radius 2 is 1.27 bits per heavy atom. The number of rotatable bonds is 6. The van der Waals surface area contributed by atoms with Crippen molar-refractivity contribution in [2.45, 2.75) is 13.1 Å². The van der Waals surface area contributed by atoms with Crippen molar-refractivity contribution in [2.75, 3.05) is 39.8 Å². The fraction of sp³-hybridized carbons (Fsp3) is 0.308. The molecule has 154 valence electrons. The van der Waals surface area contributed by atoms with Gasteiger partial charge in [0.05, 0.1) is 24.8 Å². The average Bonchev–Trinajstić information content (AvgIpc) is 3.13. The lowest BCUT2D eigenvalue weighted by atomic mass is 10.1. The van der Waals surface area contributed by atoms with Gasteiger partial charge in [-0.2, -0.15) is 0 Å². The third-order valence-electron chi connectivity index (χ3n) is 6.36. The number of hydrogen-bond acceptors (Lipinski definition) is 3. The van der Waals surface area contributed by atoms with Crippen LogP contribution in [0, 0.1) is 0 Å². The molecule has 5 rings (SSSR count). The molecular formula is C26H29N3O. The maximum Gasteiger partial charge on any atom is 0.118 e. The average molecular weight is 400 g/mol. The Labute approximate surface area is 178 Å². The molecule has 1 aliphatic heterocycles. The van der Waals surface area contributed by atoms with E-state index in [1.165, 1.54) is 27.4 Å². The van der Waals surface area contributed by atoms with Crippen molar-refractivity contribution in [3.05, 3.63) is 78.4 Å². The predicted molar refractivity (Wildman–Crippen MR) is 124 cm³/mol. The van der Waals surface area contributed by atoms with E-state index >= 15 is 0 Å². The molecule has 2 heterocycles. The number of hydrogen-bond donors (Lipinski definition) is 0. The van der Waals surface area contributed by atoms with Gasteiger partial charge in [0.15, 0.2) is 0 Å². The molecule has 1 fully saturated rings. The SMILES string of the molecule is COc1ccc(CCN2CCN(Cn3c4ccccc4c4ccccc43)CC2)cc1. The van der Waals surface area contributed by atoms with Gasteiger partial charge < -0.3 is 14.2 Å². The maximum atomic E-state index is 5.25. The molecule has 1 aromatic heterocycles. The minimum atomic E-state index is 0.928. The Balaban J connectivity index is 1.22. The van der Waals surface area contributed by atoms with Gasteiger partial charge in [0.1, 0.15) is 5.75 Å². The summed E-state index contributed by atoms with van der Waals surface area (Å²) in [6.07, 6.45) is 1.09. The molecule has 0 amide bonds. The van der Waals surface area contributed by atoms with E-state index in [0.29, 0.717) is 0 Å². The summed E-state index contributed by atoms with van der Waals surface area (Å²) in [5.74, 6) is 0.928. The van der Waals surface area contributed by atoms with Crippen molar-refractivity contribution in [1.82, 2.24) is 14.4 Å². The molecule has 0 aliphatic carbocycles. The topological polar surface area (TPSA) is 20.6 Å². The molecule has 0 unspecified atom stereocenters. The molecule has 0 saturated carbocycles. The van der Waals surface area contributed by atoms with Crippen LogP contribution in [-0.4, -0.2) is 54.2 Å². The Bertz CT molecular complexity index is 1070. The van der Waals surface area contributed by atoms with Gasteiger partial charge in [0, 0.05) is 43.5 Å². The Hall–Kier alpha value is -2.82. The van der Waals surface area contributed by atoms with E-state index in [4.69, 9.17) is 4.74 Å². The summed E-state index contributed by atoms with van der Waals surface area (Å²) >= 11 is 0. The number of nitrogens with zero attached hydrogens (tertiary/aromatic N) is 3. The molecule has 1 aliphatic rings.